The molecule has 2 nitrogen and oxygen atoms in total. The van der Waals surface area contributed by atoms with E-state index in [4.69, 9.17) is 4.42 Å². The molecule has 0 aliphatic rings. The first kappa shape index (κ1) is 14.2. The van der Waals surface area contributed by atoms with Crippen LogP contribution >= 0.6 is 15.9 Å². The second kappa shape index (κ2) is 6.30. The van der Waals surface area contributed by atoms with Crippen LogP contribution in [-0.2, 0) is 6.42 Å². The fourth-order valence-electron chi connectivity index (χ4n) is 1.97. The summed E-state index contributed by atoms with van der Waals surface area (Å²) in [6.45, 7) is 2.62. The predicted octanol–water partition coefficient (Wildman–Crippen LogP) is 4.21. The monoisotopic (exact) mass is 329 g/mol. The number of nitrogens with one attached hydrogen (secondary N) is 1. The molecule has 0 radical (unpaired) electrons. The molecular weight excluding hydrogens is 316 g/mol. The van der Waals surface area contributed by atoms with Gasteiger partial charge in [0, 0.05) is 12.0 Å². The molecule has 5 heteroatoms. The van der Waals surface area contributed by atoms with Gasteiger partial charge in [-0.3, -0.25) is 0 Å². The van der Waals surface area contributed by atoms with E-state index in [0.29, 0.717) is 12.3 Å². The van der Waals surface area contributed by atoms with Gasteiger partial charge in [-0.2, -0.15) is 0 Å². The van der Waals surface area contributed by atoms with Crippen molar-refractivity contribution in [3.8, 4) is 0 Å². The van der Waals surface area contributed by atoms with Crippen molar-refractivity contribution < 1.29 is 13.2 Å². The Morgan fingerprint density at radius 2 is 2.11 bits per heavy atom. The number of hydrogen-bond acceptors (Lipinski definition) is 2. The van der Waals surface area contributed by atoms with Crippen molar-refractivity contribution >= 4 is 15.9 Å². The highest BCUT2D eigenvalue weighted by molar-refractivity contribution is 9.10. The van der Waals surface area contributed by atoms with Gasteiger partial charge < -0.3 is 9.73 Å². The van der Waals surface area contributed by atoms with E-state index in [-0.39, 0.29) is 22.5 Å². The minimum atomic E-state index is -0.561. The molecule has 0 amide bonds. The van der Waals surface area contributed by atoms with Gasteiger partial charge in [0.2, 0.25) is 0 Å². The predicted molar refractivity (Wildman–Crippen MR) is 72.9 cm³/mol. The van der Waals surface area contributed by atoms with Crippen molar-refractivity contribution in [3.05, 3.63) is 58.0 Å². The highest BCUT2D eigenvalue weighted by Crippen LogP contribution is 2.26. The lowest BCUT2D eigenvalue weighted by molar-refractivity contribution is 0.406. The molecule has 0 saturated heterocycles. The fourth-order valence-corrected chi connectivity index (χ4v) is 2.34. The van der Waals surface area contributed by atoms with Crippen molar-refractivity contribution in [1.29, 1.82) is 0 Å². The molecule has 0 aliphatic carbocycles. The van der Waals surface area contributed by atoms with Crippen LogP contribution in [0.4, 0.5) is 8.78 Å². The number of rotatable bonds is 5. The average Bonchev–Trinajstić information content (AvgIpc) is 2.92. The van der Waals surface area contributed by atoms with Crippen molar-refractivity contribution in [2.45, 2.75) is 19.4 Å². The van der Waals surface area contributed by atoms with Crippen molar-refractivity contribution in [2.75, 3.05) is 6.54 Å². The third-order valence-electron chi connectivity index (χ3n) is 2.88. The van der Waals surface area contributed by atoms with Crippen LogP contribution in [0.3, 0.4) is 0 Å². The van der Waals surface area contributed by atoms with Gasteiger partial charge >= 0.3 is 0 Å². The van der Waals surface area contributed by atoms with Crippen LogP contribution in [-0.4, -0.2) is 6.54 Å². The Kier molecular flexibility index (Phi) is 4.71. The van der Waals surface area contributed by atoms with Crippen molar-refractivity contribution in [3.63, 3.8) is 0 Å². The summed E-state index contributed by atoms with van der Waals surface area (Å²) in [5.74, 6) is -0.440. The third kappa shape index (κ3) is 3.22. The summed E-state index contributed by atoms with van der Waals surface area (Å²) in [4.78, 5) is 0. The van der Waals surface area contributed by atoms with Gasteiger partial charge in [-0.15, -0.1) is 0 Å². The Labute approximate surface area is 118 Å². The fraction of sp³-hybridized carbons (Fsp3) is 0.286. The zero-order valence-electron chi connectivity index (χ0n) is 10.4. The van der Waals surface area contributed by atoms with Crippen LogP contribution in [0.5, 0.6) is 0 Å². The Balaban J connectivity index is 2.30. The molecule has 0 spiro atoms. The maximum absolute atomic E-state index is 14.0. The summed E-state index contributed by atoms with van der Waals surface area (Å²) >= 11 is 3.07. The maximum Gasteiger partial charge on any atom is 0.143 e. The first-order valence-electron chi connectivity index (χ1n) is 6.02. The lowest BCUT2D eigenvalue weighted by Gasteiger charge is -2.16. The van der Waals surface area contributed by atoms with Gasteiger partial charge in [0.15, 0.2) is 0 Å². The molecule has 2 rings (SSSR count). The van der Waals surface area contributed by atoms with E-state index < -0.39 is 11.6 Å². The van der Waals surface area contributed by atoms with Crippen LogP contribution in [0, 0.1) is 11.6 Å². The summed E-state index contributed by atoms with van der Waals surface area (Å²) < 4.78 is 33.3. The molecule has 1 atom stereocenters. The normalized spacial score (nSPS) is 12.6. The molecule has 0 saturated carbocycles. The summed E-state index contributed by atoms with van der Waals surface area (Å²) in [5, 5.41) is 3.17. The van der Waals surface area contributed by atoms with Gasteiger partial charge in [-0.1, -0.05) is 6.92 Å². The minimum absolute atomic E-state index is 0.0525. The quantitative estimate of drug-likeness (QED) is 0.831. The molecular formula is C14H14BrF2NO. The Bertz CT molecular complexity index is 543. The van der Waals surface area contributed by atoms with Crippen molar-refractivity contribution in [2.24, 2.45) is 0 Å². The highest BCUT2D eigenvalue weighted by Gasteiger charge is 2.20. The standard InChI is InChI=1S/C14H14BrF2NO/c1-2-18-12(13-4-3-7-19-13)8-9-11(16)6-5-10(15)14(9)17/h3-7,12,18H,2,8H2,1H3. The molecule has 1 aromatic carbocycles. The molecule has 1 N–H and O–H groups in total. The smallest absolute Gasteiger partial charge is 0.143 e. The van der Waals surface area contributed by atoms with Crippen LogP contribution in [0.1, 0.15) is 24.3 Å². The minimum Gasteiger partial charge on any atom is -0.468 e. The maximum atomic E-state index is 14.0. The van der Waals surface area contributed by atoms with Gasteiger partial charge in [-0.05, 0) is 46.7 Å². The van der Waals surface area contributed by atoms with Crippen molar-refractivity contribution in [1.82, 2.24) is 5.32 Å². The highest BCUT2D eigenvalue weighted by atomic mass is 79.9. The topological polar surface area (TPSA) is 25.2 Å². The van der Waals surface area contributed by atoms with Gasteiger partial charge in [0.25, 0.3) is 0 Å². The van der Waals surface area contributed by atoms with Crippen LogP contribution < -0.4 is 5.32 Å². The number of furan rings is 1. The molecule has 0 bridgehead atoms. The van der Waals surface area contributed by atoms with E-state index >= 15 is 0 Å². The molecule has 0 aliphatic heterocycles. The number of likely N-dealkylation sites (N-methyl/N-ethyl adjacent to an activating group) is 1. The van der Waals surface area contributed by atoms with E-state index in [2.05, 4.69) is 21.2 Å². The van der Waals surface area contributed by atoms with E-state index in [1.54, 1.807) is 18.4 Å². The molecule has 1 heterocycles. The molecule has 0 fully saturated rings. The van der Waals surface area contributed by atoms with Crippen LogP contribution in [0.15, 0.2) is 39.4 Å². The summed E-state index contributed by atoms with van der Waals surface area (Å²) in [5.41, 5.74) is 0.0525. The first-order valence-corrected chi connectivity index (χ1v) is 6.82. The van der Waals surface area contributed by atoms with E-state index in [1.165, 1.54) is 12.1 Å². The molecule has 19 heavy (non-hydrogen) atoms. The zero-order chi connectivity index (χ0) is 13.8. The number of hydrogen-bond donors (Lipinski definition) is 1. The number of halogens is 3. The van der Waals surface area contributed by atoms with E-state index in [9.17, 15) is 8.78 Å². The van der Waals surface area contributed by atoms with Gasteiger partial charge in [0.1, 0.15) is 17.4 Å². The SMILES string of the molecule is CCNC(Cc1c(F)ccc(Br)c1F)c1ccco1. The molecule has 2 aromatic rings. The van der Waals surface area contributed by atoms with Crippen LogP contribution in [0.25, 0.3) is 0 Å². The first-order chi connectivity index (χ1) is 9.13. The summed E-state index contributed by atoms with van der Waals surface area (Å²) in [6.07, 6.45) is 1.74. The average molecular weight is 330 g/mol. The Morgan fingerprint density at radius 3 is 2.74 bits per heavy atom. The van der Waals surface area contributed by atoms with E-state index in [0.717, 1.165) is 0 Å². The van der Waals surface area contributed by atoms with Gasteiger partial charge in [-0.25, -0.2) is 8.78 Å². The van der Waals surface area contributed by atoms with Crippen LogP contribution in [0.2, 0.25) is 0 Å². The second-order valence-corrected chi connectivity index (χ2v) is 5.01. The largest absolute Gasteiger partial charge is 0.468 e. The lowest BCUT2D eigenvalue weighted by Crippen LogP contribution is -2.23. The number of benzene rings is 1. The molecule has 1 unspecified atom stereocenters. The van der Waals surface area contributed by atoms with Gasteiger partial charge in [0.05, 0.1) is 16.8 Å². The summed E-state index contributed by atoms with van der Waals surface area (Å²) in [6, 6.07) is 5.92. The molecule has 102 valence electrons. The Hall–Kier alpha value is -1.20. The third-order valence-corrected chi connectivity index (χ3v) is 3.50. The zero-order valence-corrected chi connectivity index (χ0v) is 12.0. The van der Waals surface area contributed by atoms with E-state index in [1.807, 2.05) is 6.92 Å². The molecule has 1 aromatic heterocycles. The lowest BCUT2D eigenvalue weighted by atomic mass is 10.0. The second-order valence-electron chi connectivity index (χ2n) is 4.15. The summed E-state index contributed by atoms with van der Waals surface area (Å²) in [7, 11) is 0. The Morgan fingerprint density at radius 1 is 1.32 bits per heavy atom.